The molecule has 4 nitrogen and oxygen atoms in total. The van der Waals surface area contributed by atoms with Crippen molar-refractivity contribution >= 4 is 27.8 Å². The van der Waals surface area contributed by atoms with E-state index in [-0.39, 0.29) is 5.91 Å². The van der Waals surface area contributed by atoms with E-state index >= 15 is 0 Å². The SMILES string of the molecule is Cc1c(Br)cccc1C(=O)NC1(C(=O)O)Cc2ccccc2C1. The van der Waals surface area contributed by atoms with E-state index in [1.807, 2.05) is 37.3 Å². The molecule has 0 unspecified atom stereocenters. The van der Waals surface area contributed by atoms with Gasteiger partial charge in [0.15, 0.2) is 0 Å². The first-order valence-electron chi connectivity index (χ1n) is 7.31. The zero-order valence-corrected chi connectivity index (χ0v) is 14.2. The number of hydrogen-bond donors (Lipinski definition) is 2. The fraction of sp³-hybridized carbons (Fsp3) is 0.222. The number of amides is 1. The van der Waals surface area contributed by atoms with Crippen molar-refractivity contribution in [3.05, 3.63) is 69.2 Å². The summed E-state index contributed by atoms with van der Waals surface area (Å²) in [4.78, 5) is 24.5. The molecule has 0 radical (unpaired) electrons. The summed E-state index contributed by atoms with van der Waals surface area (Å²) in [6.07, 6.45) is 0.606. The summed E-state index contributed by atoms with van der Waals surface area (Å²) in [6, 6.07) is 12.9. The van der Waals surface area contributed by atoms with Crippen molar-refractivity contribution in [1.29, 1.82) is 0 Å². The molecule has 1 amide bonds. The van der Waals surface area contributed by atoms with Crippen molar-refractivity contribution < 1.29 is 14.7 Å². The summed E-state index contributed by atoms with van der Waals surface area (Å²) in [6.45, 7) is 1.83. The van der Waals surface area contributed by atoms with Gasteiger partial charge in [0.2, 0.25) is 0 Å². The smallest absolute Gasteiger partial charge is 0.330 e. The third-order valence-corrected chi connectivity index (χ3v) is 5.24. The van der Waals surface area contributed by atoms with Crippen molar-refractivity contribution in [3.63, 3.8) is 0 Å². The number of nitrogens with one attached hydrogen (secondary N) is 1. The number of fused-ring (bicyclic) bond motifs is 1. The highest BCUT2D eigenvalue weighted by Gasteiger charge is 2.45. The van der Waals surface area contributed by atoms with Crippen molar-refractivity contribution in [1.82, 2.24) is 5.32 Å². The molecule has 2 aromatic rings. The summed E-state index contributed by atoms with van der Waals surface area (Å²) in [5, 5.41) is 12.5. The van der Waals surface area contributed by atoms with Gasteiger partial charge in [0.05, 0.1) is 0 Å². The molecule has 0 aromatic heterocycles. The summed E-state index contributed by atoms with van der Waals surface area (Å²) < 4.78 is 0.823. The molecule has 1 aliphatic rings. The maximum atomic E-state index is 12.6. The van der Waals surface area contributed by atoms with Gasteiger partial charge in [-0.05, 0) is 35.7 Å². The van der Waals surface area contributed by atoms with E-state index in [0.29, 0.717) is 18.4 Å². The average molecular weight is 374 g/mol. The topological polar surface area (TPSA) is 66.4 Å². The van der Waals surface area contributed by atoms with E-state index in [2.05, 4.69) is 21.2 Å². The molecule has 0 heterocycles. The van der Waals surface area contributed by atoms with Crippen LogP contribution in [0.25, 0.3) is 0 Å². The van der Waals surface area contributed by atoms with Gasteiger partial charge < -0.3 is 10.4 Å². The fourth-order valence-corrected chi connectivity index (χ4v) is 3.41. The van der Waals surface area contributed by atoms with Gasteiger partial charge >= 0.3 is 5.97 Å². The highest BCUT2D eigenvalue weighted by molar-refractivity contribution is 9.10. The number of halogens is 1. The Hall–Kier alpha value is -2.14. The van der Waals surface area contributed by atoms with Crippen LogP contribution < -0.4 is 5.32 Å². The number of benzene rings is 2. The molecule has 0 aliphatic heterocycles. The lowest BCUT2D eigenvalue weighted by atomic mass is 9.94. The van der Waals surface area contributed by atoms with E-state index in [9.17, 15) is 14.7 Å². The third-order valence-electron chi connectivity index (χ3n) is 4.38. The molecule has 0 fully saturated rings. The Bertz CT molecular complexity index is 776. The third kappa shape index (κ3) is 2.77. The number of rotatable bonds is 3. The number of carboxylic acids is 1. The van der Waals surface area contributed by atoms with Crippen LogP contribution in [0.15, 0.2) is 46.9 Å². The summed E-state index contributed by atoms with van der Waals surface area (Å²) >= 11 is 3.40. The van der Waals surface area contributed by atoms with Gasteiger partial charge in [-0.25, -0.2) is 4.79 Å². The highest BCUT2D eigenvalue weighted by Crippen LogP contribution is 2.31. The summed E-state index contributed by atoms with van der Waals surface area (Å²) in [7, 11) is 0. The minimum absolute atomic E-state index is 0.303. The second-order valence-electron chi connectivity index (χ2n) is 5.88. The normalized spacial score (nSPS) is 15.0. The van der Waals surface area contributed by atoms with Crippen LogP contribution >= 0.6 is 15.9 Å². The molecular formula is C18H16BrNO3. The maximum absolute atomic E-state index is 12.6. The predicted molar refractivity (Wildman–Crippen MR) is 90.6 cm³/mol. The number of carbonyl (C=O) groups excluding carboxylic acids is 1. The van der Waals surface area contributed by atoms with E-state index in [1.165, 1.54) is 0 Å². The Kier molecular flexibility index (Phi) is 3.98. The van der Waals surface area contributed by atoms with Gasteiger partial charge in [-0.1, -0.05) is 46.3 Å². The molecule has 23 heavy (non-hydrogen) atoms. The Morgan fingerprint density at radius 1 is 1.09 bits per heavy atom. The van der Waals surface area contributed by atoms with Crippen LogP contribution in [0.2, 0.25) is 0 Å². The maximum Gasteiger partial charge on any atom is 0.330 e. The van der Waals surface area contributed by atoms with Crippen LogP contribution in [-0.4, -0.2) is 22.5 Å². The second-order valence-corrected chi connectivity index (χ2v) is 6.73. The summed E-state index contributed by atoms with van der Waals surface area (Å²) in [5.74, 6) is -1.37. The molecule has 1 aliphatic carbocycles. The van der Waals surface area contributed by atoms with Crippen LogP contribution in [-0.2, 0) is 17.6 Å². The predicted octanol–water partition coefficient (Wildman–Crippen LogP) is 3.11. The molecule has 118 valence electrons. The zero-order valence-electron chi connectivity index (χ0n) is 12.6. The highest BCUT2D eigenvalue weighted by atomic mass is 79.9. The molecule has 2 N–H and O–H groups in total. The first-order chi connectivity index (χ1) is 10.9. The molecule has 5 heteroatoms. The lowest BCUT2D eigenvalue weighted by Crippen LogP contribution is -2.55. The van der Waals surface area contributed by atoms with Gasteiger partial charge in [-0.15, -0.1) is 0 Å². The Morgan fingerprint density at radius 2 is 1.70 bits per heavy atom. The number of carboxylic acid groups (broad SMARTS) is 1. The quantitative estimate of drug-likeness (QED) is 0.868. The van der Waals surface area contributed by atoms with Crippen LogP contribution in [0.5, 0.6) is 0 Å². The minimum atomic E-state index is -1.28. The van der Waals surface area contributed by atoms with E-state index in [4.69, 9.17) is 0 Å². The minimum Gasteiger partial charge on any atom is -0.479 e. The van der Waals surface area contributed by atoms with Crippen LogP contribution in [0, 0.1) is 6.92 Å². The molecule has 0 atom stereocenters. The Balaban J connectivity index is 1.92. The van der Waals surface area contributed by atoms with Crippen LogP contribution in [0.3, 0.4) is 0 Å². The Morgan fingerprint density at radius 3 is 2.26 bits per heavy atom. The number of hydrogen-bond acceptors (Lipinski definition) is 2. The van der Waals surface area contributed by atoms with E-state index in [1.54, 1.807) is 12.1 Å². The van der Waals surface area contributed by atoms with E-state index in [0.717, 1.165) is 21.2 Å². The van der Waals surface area contributed by atoms with Gasteiger partial charge in [0.25, 0.3) is 5.91 Å². The Labute approximate surface area is 142 Å². The molecule has 0 bridgehead atoms. The second kappa shape index (κ2) is 5.81. The van der Waals surface area contributed by atoms with Gasteiger partial charge in [0.1, 0.15) is 5.54 Å². The van der Waals surface area contributed by atoms with Crippen molar-refractivity contribution in [2.75, 3.05) is 0 Å². The fourth-order valence-electron chi connectivity index (χ4n) is 3.05. The molecule has 0 spiro atoms. The van der Waals surface area contributed by atoms with Crippen molar-refractivity contribution in [2.24, 2.45) is 0 Å². The lowest BCUT2D eigenvalue weighted by Gasteiger charge is -2.26. The summed E-state index contributed by atoms with van der Waals surface area (Å²) in [5.41, 5.74) is 1.94. The van der Waals surface area contributed by atoms with Gasteiger partial charge in [-0.3, -0.25) is 4.79 Å². The van der Waals surface area contributed by atoms with Gasteiger partial charge in [-0.2, -0.15) is 0 Å². The van der Waals surface area contributed by atoms with Crippen LogP contribution in [0.1, 0.15) is 27.0 Å². The van der Waals surface area contributed by atoms with Gasteiger partial charge in [0, 0.05) is 22.9 Å². The molecule has 2 aromatic carbocycles. The largest absolute Gasteiger partial charge is 0.479 e. The van der Waals surface area contributed by atoms with Crippen molar-refractivity contribution in [2.45, 2.75) is 25.3 Å². The number of carbonyl (C=O) groups is 2. The first-order valence-corrected chi connectivity index (χ1v) is 8.10. The van der Waals surface area contributed by atoms with Crippen molar-refractivity contribution in [3.8, 4) is 0 Å². The monoisotopic (exact) mass is 373 g/mol. The van der Waals surface area contributed by atoms with Crippen LogP contribution in [0.4, 0.5) is 0 Å². The first kappa shape index (κ1) is 15.7. The standard InChI is InChI=1S/C18H16BrNO3/c1-11-14(7-4-8-15(11)19)16(21)20-18(17(22)23)9-12-5-2-3-6-13(12)10-18/h2-8H,9-10H2,1H3,(H,20,21)(H,22,23). The zero-order chi connectivity index (χ0) is 16.6. The molecule has 0 saturated carbocycles. The molecule has 3 rings (SSSR count). The average Bonchev–Trinajstić information content (AvgIpc) is 2.89. The molecular weight excluding hydrogens is 358 g/mol. The molecule has 0 saturated heterocycles. The van der Waals surface area contributed by atoms with E-state index < -0.39 is 11.5 Å². The number of aliphatic carboxylic acids is 1. The lowest BCUT2D eigenvalue weighted by molar-refractivity contribution is -0.144.